The molecular formula is C13H7Br2ClN2S. The fraction of sp³-hybridized carbons (Fsp3) is 0. The fourth-order valence-electron chi connectivity index (χ4n) is 1.65. The standard InChI is InChI=1S/C13H7Br2ClN2S/c14-7-1-4-12-11(5-7)18-13(19-12)17-8-2-3-10(16)9(15)6-8/h1-6H,(H,17,18). The fourth-order valence-corrected chi connectivity index (χ4v) is 3.36. The van der Waals surface area contributed by atoms with Gasteiger partial charge >= 0.3 is 0 Å². The second-order valence-electron chi connectivity index (χ2n) is 3.88. The lowest BCUT2D eigenvalue weighted by Gasteiger charge is -2.03. The summed E-state index contributed by atoms with van der Waals surface area (Å²) in [5, 5.41) is 4.84. The molecule has 0 fully saturated rings. The Kier molecular flexibility index (Phi) is 3.80. The van der Waals surface area contributed by atoms with Crippen LogP contribution in [0, 0.1) is 0 Å². The van der Waals surface area contributed by atoms with Gasteiger partial charge in [-0.05, 0) is 52.3 Å². The van der Waals surface area contributed by atoms with E-state index in [1.54, 1.807) is 11.3 Å². The van der Waals surface area contributed by atoms with Crippen molar-refractivity contribution in [3.05, 3.63) is 50.4 Å². The number of rotatable bonds is 2. The molecule has 0 saturated heterocycles. The second-order valence-corrected chi connectivity index (χ2v) is 7.09. The highest BCUT2D eigenvalue weighted by Crippen LogP contribution is 2.32. The number of fused-ring (bicyclic) bond motifs is 1. The van der Waals surface area contributed by atoms with Crippen LogP contribution < -0.4 is 5.32 Å². The van der Waals surface area contributed by atoms with Crippen molar-refractivity contribution in [2.75, 3.05) is 5.32 Å². The number of thiazole rings is 1. The zero-order valence-electron chi connectivity index (χ0n) is 9.45. The van der Waals surface area contributed by atoms with Crippen LogP contribution in [0.2, 0.25) is 5.02 Å². The van der Waals surface area contributed by atoms with Crippen LogP contribution in [0.15, 0.2) is 45.3 Å². The van der Waals surface area contributed by atoms with Gasteiger partial charge in [0.2, 0.25) is 0 Å². The molecule has 1 N–H and O–H groups in total. The van der Waals surface area contributed by atoms with Gasteiger partial charge in [0.1, 0.15) is 0 Å². The maximum atomic E-state index is 5.97. The van der Waals surface area contributed by atoms with Crippen molar-refractivity contribution in [1.29, 1.82) is 0 Å². The third-order valence-electron chi connectivity index (χ3n) is 2.52. The number of hydrogen-bond donors (Lipinski definition) is 1. The van der Waals surface area contributed by atoms with Gasteiger partial charge in [0, 0.05) is 14.6 Å². The molecule has 0 spiro atoms. The van der Waals surface area contributed by atoms with E-state index in [1.165, 1.54) is 0 Å². The highest BCUT2D eigenvalue weighted by Gasteiger charge is 2.05. The third-order valence-corrected chi connectivity index (χ3v) is 5.18. The molecule has 6 heteroatoms. The van der Waals surface area contributed by atoms with Crippen molar-refractivity contribution < 1.29 is 0 Å². The average molecular weight is 419 g/mol. The Labute approximate surface area is 136 Å². The molecular weight excluding hydrogens is 411 g/mol. The quantitative estimate of drug-likeness (QED) is 0.534. The van der Waals surface area contributed by atoms with E-state index in [0.29, 0.717) is 5.02 Å². The first-order chi connectivity index (χ1) is 9.11. The molecule has 96 valence electrons. The number of hydrogen-bond acceptors (Lipinski definition) is 3. The molecule has 19 heavy (non-hydrogen) atoms. The minimum atomic E-state index is 0.693. The van der Waals surface area contributed by atoms with E-state index >= 15 is 0 Å². The van der Waals surface area contributed by atoms with Crippen molar-refractivity contribution in [2.45, 2.75) is 0 Å². The highest BCUT2D eigenvalue weighted by molar-refractivity contribution is 9.10. The van der Waals surface area contributed by atoms with E-state index in [1.807, 2.05) is 30.3 Å². The van der Waals surface area contributed by atoms with Crippen LogP contribution in [0.3, 0.4) is 0 Å². The summed E-state index contributed by atoms with van der Waals surface area (Å²) in [5.74, 6) is 0. The molecule has 2 nitrogen and oxygen atoms in total. The first-order valence-corrected chi connectivity index (χ1v) is 8.18. The number of halogens is 3. The minimum absolute atomic E-state index is 0.693. The summed E-state index contributed by atoms with van der Waals surface area (Å²) in [5.41, 5.74) is 1.93. The van der Waals surface area contributed by atoms with Crippen molar-refractivity contribution in [1.82, 2.24) is 4.98 Å². The molecule has 0 bridgehead atoms. The van der Waals surface area contributed by atoms with Gasteiger partial charge in [-0.15, -0.1) is 0 Å². The van der Waals surface area contributed by atoms with Crippen LogP contribution >= 0.6 is 54.8 Å². The van der Waals surface area contributed by atoms with Gasteiger partial charge in [-0.3, -0.25) is 0 Å². The second kappa shape index (κ2) is 5.40. The number of anilines is 2. The van der Waals surface area contributed by atoms with E-state index < -0.39 is 0 Å². The maximum absolute atomic E-state index is 5.97. The predicted molar refractivity (Wildman–Crippen MR) is 89.8 cm³/mol. The minimum Gasteiger partial charge on any atom is -0.331 e. The van der Waals surface area contributed by atoms with Crippen LogP contribution in [0.5, 0.6) is 0 Å². The zero-order chi connectivity index (χ0) is 13.4. The van der Waals surface area contributed by atoms with Crippen molar-refractivity contribution in [3.8, 4) is 0 Å². The third kappa shape index (κ3) is 2.94. The first-order valence-electron chi connectivity index (χ1n) is 5.40. The van der Waals surface area contributed by atoms with E-state index in [9.17, 15) is 0 Å². The molecule has 0 atom stereocenters. The van der Waals surface area contributed by atoms with E-state index in [2.05, 4.69) is 48.2 Å². The van der Waals surface area contributed by atoms with Gasteiger partial charge in [0.15, 0.2) is 5.13 Å². The zero-order valence-corrected chi connectivity index (χ0v) is 14.2. The van der Waals surface area contributed by atoms with Gasteiger partial charge < -0.3 is 5.32 Å². The summed E-state index contributed by atoms with van der Waals surface area (Å²) in [4.78, 5) is 4.55. The summed E-state index contributed by atoms with van der Waals surface area (Å²) in [6, 6.07) is 11.8. The maximum Gasteiger partial charge on any atom is 0.188 e. The smallest absolute Gasteiger partial charge is 0.188 e. The molecule has 1 heterocycles. The average Bonchev–Trinajstić information content (AvgIpc) is 2.75. The van der Waals surface area contributed by atoms with Crippen molar-refractivity contribution in [2.24, 2.45) is 0 Å². The molecule has 1 aromatic heterocycles. The highest BCUT2D eigenvalue weighted by atomic mass is 79.9. The summed E-state index contributed by atoms with van der Waals surface area (Å²) < 4.78 is 3.05. The lowest BCUT2D eigenvalue weighted by atomic mass is 10.3. The topological polar surface area (TPSA) is 24.9 Å². The molecule has 0 aliphatic heterocycles. The molecule has 0 unspecified atom stereocenters. The van der Waals surface area contributed by atoms with Crippen molar-refractivity contribution >= 4 is 75.8 Å². The van der Waals surface area contributed by atoms with Crippen molar-refractivity contribution in [3.63, 3.8) is 0 Å². The van der Waals surface area contributed by atoms with Crippen LogP contribution in [0.25, 0.3) is 10.2 Å². The molecule has 0 aliphatic carbocycles. The van der Waals surface area contributed by atoms with Crippen LogP contribution in [0.1, 0.15) is 0 Å². The van der Waals surface area contributed by atoms with Crippen LogP contribution in [-0.2, 0) is 0 Å². The number of nitrogens with zero attached hydrogens (tertiary/aromatic N) is 1. The largest absolute Gasteiger partial charge is 0.331 e. The van der Waals surface area contributed by atoms with Gasteiger partial charge in [-0.25, -0.2) is 4.98 Å². The molecule has 3 rings (SSSR count). The number of benzene rings is 2. The summed E-state index contributed by atoms with van der Waals surface area (Å²) in [7, 11) is 0. The molecule has 0 aliphatic rings. The molecule has 0 saturated carbocycles. The molecule has 0 amide bonds. The van der Waals surface area contributed by atoms with Gasteiger partial charge in [0.25, 0.3) is 0 Å². The van der Waals surface area contributed by atoms with Crippen LogP contribution in [0.4, 0.5) is 10.8 Å². The van der Waals surface area contributed by atoms with Gasteiger partial charge in [-0.2, -0.15) is 0 Å². The van der Waals surface area contributed by atoms with E-state index in [4.69, 9.17) is 11.6 Å². The Hall–Kier alpha value is -0.620. The van der Waals surface area contributed by atoms with E-state index in [0.717, 1.165) is 30.0 Å². The molecule has 0 radical (unpaired) electrons. The Morgan fingerprint density at radius 1 is 1.11 bits per heavy atom. The SMILES string of the molecule is Clc1ccc(Nc2nc3cc(Br)ccc3s2)cc1Br. The predicted octanol–water partition coefficient (Wildman–Crippen LogP) is 6.22. The summed E-state index contributed by atoms with van der Waals surface area (Å²) in [6.45, 7) is 0. The normalized spacial score (nSPS) is 10.9. The lowest BCUT2D eigenvalue weighted by molar-refractivity contribution is 1.44. The Morgan fingerprint density at radius 3 is 2.74 bits per heavy atom. The number of aromatic nitrogens is 1. The molecule has 3 aromatic rings. The first kappa shape index (κ1) is 13.4. The van der Waals surface area contributed by atoms with Gasteiger partial charge in [0.05, 0.1) is 15.2 Å². The molecule has 2 aromatic carbocycles. The Balaban J connectivity index is 1.94. The number of nitrogens with one attached hydrogen (secondary N) is 1. The summed E-state index contributed by atoms with van der Waals surface area (Å²) >= 11 is 14.4. The summed E-state index contributed by atoms with van der Waals surface area (Å²) in [6.07, 6.45) is 0. The van der Waals surface area contributed by atoms with E-state index in [-0.39, 0.29) is 0 Å². The van der Waals surface area contributed by atoms with Gasteiger partial charge in [-0.1, -0.05) is 38.9 Å². The lowest BCUT2D eigenvalue weighted by Crippen LogP contribution is -1.88. The Morgan fingerprint density at radius 2 is 1.95 bits per heavy atom. The monoisotopic (exact) mass is 416 g/mol. The Bertz CT molecular complexity index is 757. The van der Waals surface area contributed by atoms with Crippen LogP contribution in [-0.4, -0.2) is 4.98 Å².